The number of hydrogen-bond acceptors (Lipinski definition) is 2. The van der Waals surface area contributed by atoms with Gasteiger partial charge >= 0.3 is 0 Å². The lowest BCUT2D eigenvalue weighted by Gasteiger charge is -2.31. The molecule has 1 aliphatic rings. The van der Waals surface area contributed by atoms with Crippen molar-refractivity contribution in [2.75, 3.05) is 31.1 Å². The maximum Gasteiger partial charge on any atom is 0.274 e. The van der Waals surface area contributed by atoms with Crippen LogP contribution in [0.3, 0.4) is 0 Å². The van der Waals surface area contributed by atoms with Crippen molar-refractivity contribution in [3.8, 4) is 0 Å². The molecule has 1 aromatic heterocycles. The highest BCUT2D eigenvalue weighted by atomic mass is 16.2. The topological polar surface area (TPSA) is 37.7 Å². The number of hydrogen-bond donors (Lipinski definition) is 0. The van der Waals surface area contributed by atoms with Gasteiger partial charge in [-0.1, -0.05) is 24.3 Å². The Bertz CT molecular complexity index is 619. The van der Waals surface area contributed by atoms with Crippen molar-refractivity contribution in [1.82, 2.24) is 4.90 Å². The van der Waals surface area contributed by atoms with Crippen LogP contribution in [0.25, 0.3) is 0 Å². The average Bonchev–Trinajstić information content (AvgIpc) is 2.56. The molecule has 108 valence electrons. The number of aromatic amines is 1. The van der Waals surface area contributed by atoms with E-state index in [1.165, 1.54) is 0 Å². The van der Waals surface area contributed by atoms with Crippen LogP contribution in [-0.2, 0) is 0 Å². The zero-order chi connectivity index (χ0) is 14.7. The summed E-state index contributed by atoms with van der Waals surface area (Å²) in [6.45, 7) is 5.23. The van der Waals surface area contributed by atoms with E-state index in [2.05, 4.69) is 16.0 Å². The Morgan fingerprint density at radius 3 is 2.38 bits per heavy atom. The number of amides is 1. The molecule has 2 heterocycles. The van der Waals surface area contributed by atoms with Gasteiger partial charge in [-0.15, -0.1) is 0 Å². The highest BCUT2D eigenvalue weighted by Crippen LogP contribution is 2.14. The number of H-pyrrole nitrogens is 1. The van der Waals surface area contributed by atoms with Crippen molar-refractivity contribution in [1.29, 1.82) is 0 Å². The fraction of sp³-hybridized carbons (Fsp3) is 0.294. The van der Waals surface area contributed by atoms with Crippen LogP contribution in [0.1, 0.15) is 15.9 Å². The molecule has 21 heavy (non-hydrogen) atoms. The van der Waals surface area contributed by atoms with E-state index in [0.29, 0.717) is 0 Å². The van der Waals surface area contributed by atoms with Crippen LogP contribution in [0.15, 0.2) is 48.7 Å². The van der Waals surface area contributed by atoms with E-state index in [1.54, 1.807) is 0 Å². The van der Waals surface area contributed by atoms with Gasteiger partial charge in [-0.2, -0.15) is 0 Å². The molecule has 1 N–H and O–H groups in total. The molecule has 1 aromatic carbocycles. The van der Waals surface area contributed by atoms with Gasteiger partial charge in [-0.3, -0.25) is 9.69 Å². The number of piperazine rings is 1. The molecular weight excluding hydrogens is 262 g/mol. The highest BCUT2D eigenvalue weighted by molar-refractivity contribution is 5.95. The van der Waals surface area contributed by atoms with Gasteiger partial charge < -0.3 is 4.90 Å². The third-order valence-corrected chi connectivity index (χ3v) is 3.98. The molecule has 0 aliphatic carbocycles. The Labute approximate surface area is 125 Å². The summed E-state index contributed by atoms with van der Waals surface area (Å²) >= 11 is 0. The number of pyridine rings is 1. The molecule has 0 bridgehead atoms. The first-order valence-corrected chi connectivity index (χ1v) is 7.32. The molecule has 4 heteroatoms. The van der Waals surface area contributed by atoms with E-state index in [9.17, 15) is 4.79 Å². The SMILES string of the molecule is Cc1ccccc1C(=O)N1CCN(c2cccc[nH+]2)CC1. The number of carbonyl (C=O) groups excluding carboxylic acids is 1. The van der Waals surface area contributed by atoms with Gasteiger partial charge in [0.15, 0.2) is 0 Å². The maximum absolute atomic E-state index is 12.6. The van der Waals surface area contributed by atoms with E-state index in [0.717, 1.165) is 43.1 Å². The number of carbonyl (C=O) groups is 1. The molecule has 2 aromatic rings. The van der Waals surface area contributed by atoms with Crippen molar-refractivity contribution in [3.05, 3.63) is 59.8 Å². The Kier molecular flexibility index (Phi) is 3.86. The summed E-state index contributed by atoms with van der Waals surface area (Å²) < 4.78 is 0. The van der Waals surface area contributed by atoms with Crippen LogP contribution in [0, 0.1) is 6.92 Å². The molecule has 1 aliphatic heterocycles. The number of aromatic nitrogens is 1. The summed E-state index contributed by atoms with van der Waals surface area (Å²) in [7, 11) is 0. The van der Waals surface area contributed by atoms with Crippen LogP contribution < -0.4 is 9.88 Å². The number of nitrogens with one attached hydrogen (secondary N) is 1. The number of benzene rings is 1. The Morgan fingerprint density at radius 1 is 1.00 bits per heavy atom. The van der Waals surface area contributed by atoms with E-state index in [1.807, 2.05) is 54.4 Å². The maximum atomic E-state index is 12.6. The second-order valence-corrected chi connectivity index (χ2v) is 5.34. The predicted octanol–water partition coefficient (Wildman–Crippen LogP) is 1.77. The van der Waals surface area contributed by atoms with Crippen LogP contribution in [-0.4, -0.2) is 37.0 Å². The van der Waals surface area contributed by atoms with Crippen molar-refractivity contribution in [2.45, 2.75) is 6.92 Å². The zero-order valence-electron chi connectivity index (χ0n) is 12.2. The predicted molar refractivity (Wildman–Crippen MR) is 82.3 cm³/mol. The average molecular weight is 282 g/mol. The first kappa shape index (κ1) is 13.6. The summed E-state index contributed by atoms with van der Waals surface area (Å²) in [6, 6.07) is 13.9. The van der Waals surface area contributed by atoms with Gasteiger partial charge in [0.25, 0.3) is 11.7 Å². The second kappa shape index (κ2) is 5.95. The summed E-state index contributed by atoms with van der Waals surface area (Å²) in [5.41, 5.74) is 1.86. The van der Waals surface area contributed by atoms with E-state index in [-0.39, 0.29) is 5.91 Å². The number of aryl methyl sites for hydroxylation is 1. The third-order valence-electron chi connectivity index (χ3n) is 3.98. The Balaban J connectivity index is 1.66. The first-order chi connectivity index (χ1) is 10.3. The van der Waals surface area contributed by atoms with Crippen molar-refractivity contribution >= 4 is 11.7 Å². The lowest BCUT2D eigenvalue weighted by atomic mass is 10.1. The van der Waals surface area contributed by atoms with Gasteiger partial charge in [-0.25, -0.2) is 4.98 Å². The fourth-order valence-corrected chi connectivity index (χ4v) is 2.71. The number of nitrogens with zero attached hydrogens (tertiary/aromatic N) is 2. The highest BCUT2D eigenvalue weighted by Gasteiger charge is 2.26. The van der Waals surface area contributed by atoms with Crippen molar-refractivity contribution < 1.29 is 9.78 Å². The fourth-order valence-electron chi connectivity index (χ4n) is 2.71. The minimum absolute atomic E-state index is 0.143. The van der Waals surface area contributed by atoms with Gasteiger partial charge in [-0.05, 0) is 24.6 Å². The third kappa shape index (κ3) is 2.89. The van der Waals surface area contributed by atoms with Gasteiger partial charge in [0.05, 0.1) is 19.3 Å². The molecular formula is C17H20N3O+. The zero-order valence-corrected chi connectivity index (χ0v) is 12.2. The number of rotatable bonds is 2. The largest absolute Gasteiger partial charge is 0.331 e. The molecule has 0 unspecified atom stereocenters. The smallest absolute Gasteiger partial charge is 0.274 e. The summed E-state index contributed by atoms with van der Waals surface area (Å²) in [5.74, 6) is 1.25. The van der Waals surface area contributed by atoms with Crippen LogP contribution in [0.2, 0.25) is 0 Å². The normalized spacial score (nSPS) is 15.1. The Morgan fingerprint density at radius 2 is 1.71 bits per heavy atom. The van der Waals surface area contributed by atoms with Crippen LogP contribution >= 0.6 is 0 Å². The van der Waals surface area contributed by atoms with E-state index < -0.39 is 0 Å². The standard InChI is InChI=1S/C17H19N3O/c1-14-6-2-3-7-15(14)17(21)20-12-10-19(11-13-20)16-8-4-5-9-18-16/h2-9H,10-13H2,1H3/p+1. The molecule has 3 rings (SSSR count). The lowest BCUT2D eigenvalue weighted by molar-refractivity contribution is -0.364. The molecule has 0 atom stereocenters. The molecule has 0 spiro atoms. The minimum atomic E-state index is 0.143. The first-order valence-electron chi connectivity index (χ1n) is 7.32. The van der Waals surface area contributed by atoms with Crippen molar-refractivity contribution in [3.63, 3.8) is 0 Å². The Hall–Kier alpha value is -2.36. The van der Waals surface area contributed by atoms with Crippen molar-refractivity contribution in [2.24, 2.45) is 0 Å². The van der Waals surface area contributed by atoms with Gasteiger partial charge in [0.2, 0.25) is 0 Å². The lowest BCUT2D eigenvalue weighted by Crippen LogP contribution is -2.50. The minimum Gasteiger partial charge on any atom is -0.331 e. The molecule has 1 amide bonds. The number of anilines is 1. The summed E-state index contributed by atoms with van der Waals surface area (Å²) in [5, 5.41) is 0. The molecule has 0 saturated carbocycles. The monoisotopic (exact) mass is 282 g/mol. The van der Waals surface area contributed by atoms with Crippen LogP contribution in [0.4, 0.5) is 5.82 Å². The molecule has 0 radical (unpaired) electrons. The molecule has 1 saturated heterocycles. The van der Waals surface area contributed by atoms with E-state index in [4.69, 9.17) is 0 Å². The van der Waals surface area contributed by atoms with Gasteiger partial charge in [0, 0.05) is 11.6 Å². The summed E-state index contributed by atoms with van der Waals surface area (Å²) in [4.78, 5) is 20.0. The van der Waals surface area contributed by atoms with Gasteiger partial charge in [0.1, 0.15) is 13.1 Å². The molecule has 1 fully saturated rings. The van der Waals surface area contributed by atoms with Crippen LogP contribution in [0.5, 0.6) is 0 Å². The summed E-state index contributed by atoms with van der Waals surface area (Å²) in [6.07, 6.45) is 1.93. The quantitative estimate of drug-likeness (QED) is 0.842. The molecule has 4 nitrogen and oxygen atoms in total. The second-order valence-electron chi connectivity index (χ2n) is 5.34. The van der Waals surface area contributed by atoms with E-state index >= 15 is 0 Å².